The molecule has 0 bridgehead atoms. The lowest BCUT2D eigenvalue weighted by Crippen LogP contribution is -2.18. The Labute approximate surface area is 320 Å². The highest BCUT2D eigenvalue weighted by Gasteiger charge is 2.40. The third-order valence-corrected chi connectivity index (χ3v) is 13.4. The maximum Gasteiger partial charge on any atom is 0.159 e. The highest BCUT2D eigenvalue weighted by Crippen LogP contribution is 2.55. The van der Waals surface area contributed by atoms with Crippen LogP contribution in [0, 0.1) is 0 Å². The topological polar surface area (TPSA) is 16.4 Å². The van der Waals surface area contributed by atoms with Gasteiger partial charge in [0.2, 0.25) is 0 Å². The van der Waals surface area contributed by atoms with Crippen molar-refractivity contribution in [1.29, 1.82) is 0 Å². The molecule has 1 fully saturated rings. The number of nitrogens with zero attached hydrogens (tertiary/aromatic N) is 1. The summed E-state index contributed by atoms with van der Waals surface area (Å²) in [6.45, 7) is 16.6. The number of benzene rings is 6. The van der Waals surface area contributed by atoms with Gasteiger partial charge in [0.1, 0.15) is 5.58 Å². The summed E-state index contributed by atoms with van der Waals surface area (Å²) < 4.78 is 6.93. The summed E-state index contributed by atoms with van der Waals surface area (Å²) in [5.41, 5.74) is 19.0. The van der Waals surface area contributed by atoms with Gasteiger partial charge in [0, 0.05) is 33.0 Å². The molecule has 1 aromatic heterocycles. The summed E-state index contributed by atoms with van der Waals surface area (Å²) in [5, 5.41) is 2.41. The fraction of sp³-hybridized carbons (Fsp3) is 0.308. The second-order valence-electron chi connectivity index (χ2n) is 18.4. The lowest BCUT2D eigenvalue weighted by atomic mass is 9.79. The largest absolute Gasteiger partial charge is 0.454 e. The van der Waals surface area contributed by atoms with Crippen molar-refractivity contribution in [3.63, 3.8) is 0 Å². The van der Waals surface area contributed by atoms with Crippen LogP contribution >= 0.6 is 0 Å². The minimum absolute atomic E-state index is 0.0367. The van der Waals surface area contributed by atoms with Crippen LogP contribution in [0.4, 0.5) is 17.1 Å². The van der Waals surface area contributed by atoms with E-state index in [1.165, 1.54) is 110 Å². The SMILES string of the molecule is CC(C)(C)c1cccc2c1-c1ccc(N(c3ccc4c(c3)C(C)(C)c3ccccc3-4)c3cc(C4CCCCC4)cc4c3oc3ccccc34)cc1C2(C)C. The second-order valence-corrected chi connectivity index (χ2v) is 18.4. The fourth-order valence-electron chi connectivity index (χ4n) is 10.5. The Kier molecular flexibility index (Phi) is 7.26. The van der Waals surface area contributed by atoms with Crippen LogP contribution in [-0.2, 0) is 16.2 Å². The van der Waals surface area contributed by atoms with Crippen molar-refractivity contribution >= 4 is 39.0 Å². The summed E-state index contributed by atoms with van der Waals surface area (Å²) in [4.78, 5) is 2.53. The van der Waals surface area contributed by atoms with Gasteiger partial charge in [-0.25, -0.2) is 0 Å². The van der Waals surface area contributed by atoms with E-state index in [2.05, 4.69) is 169 Å². The molecule has 3 aliphatic rings. The predicted octanol–water partition coefficient (Wildman–Crippen LogP) is 15.0. The van der Waals surface area contributed by atoms with Crippen LogP contribution < -0.4 is 4.90 Å². The molecule has 0 spiro atoms. The number of fused-ring (bicyclic) bond motifs is 9. The molecule has 0 atom stereocenters. The van der Waals surface area contributed by atoms with E-state index >= 15 is 0 Å². The summed E-state index contributed by atoms with van der Waals surface area (Å²) >= 11 is 0. The molecule has 270 valence electrons. The second kappa shape index (κ2) is 11.7. The Morgan fingerprint density at radius 1 is 0.574 bits per heavy atom. The Morgan fingerprint density at radius 2 is 1.20 bits per heavy atom. The van der Waals surface area contributed by atoms with Gasteiger partial charge in [-0.15, -0.1) is 0 Å². The van der Waals surface area contributed by atoms with Crippen LogP contribution in [0.5, 0.6) is 0 Å². The molecule has 0 N–H and O–H groups in total. The molecule has 0 saturated heterocycles. The van der Waals surface area contributed by atoms with Gasteiger partial charge in [0.15, 0.2) is 5.58 Å². The average molecular weight is 706 g/mol. The Morgan fingerprint density at radius 3 is 1.96 bits per heavy atom. The normalized spacial score (nSPS) is 17.0. The Bertz CT molecular complexity index is 2640. The van der Waals surface area contributed by atoms with Gasteiger partial charge in [0.25, 0.3) is 0 Å². The third-order valence-electron chi connectivity index (χ3n) is 13.4. The molecular formula is C52H51NO. The first-order valence-corrected chi connectivity index (χ1v) is 20.2. The van der Waals surface area contributed by atoms with Crippen molar-refractivity contribution in [3.8, 4) is 22.3 Å². The lowest BCUT2D eigenvalue weighted by Gasteiger charge is -2.31. The van der Waals surface area contributed by atoms with Crippen molar-refractivity contribution in [2.75, 3.05) is 4.90 Å². The van der Waals surface area contributed by atoms with Crippen molar-refractivity contribution in [3.05, 3.63) is 149 Å². The molecule has 2 nitrogen and oxygen atoms in total. The van der Waals surface area contributed by atoms with E-state index in [1.807, 2.05) is 0 Å². The highest BCUT2D eigenvalue weighted by atomic mass is 16.3. The first kappa shape index (κ1) is 33.5. The molecule has 10 rings (SSSR count). The molecule has 0 radical (unpaired) electrons. The summed E-state index contributed by atoms with van der Waals surface area (Å²) in [5.74, 6) is 0.551. The van der Waals surface area contributed by atoms with Crippen molar-refractivity contribution in [1.82, 2.24) is 0 Å². The number of hydrogen-bond donors (Lipinski definition) is 0. The minimum atomic E-state index is -0.145. The van der Waals surface area contributed by atoms with Crippen LogP contribution in [0.2, 0.25) is 0 Å². The molecule has 7 aromatic rings. The van der Waals surface area contributed by atoms with E-state index < -0.39 is 0 Å². The van der Waals surface area contributed by atoms with E-state index in [-0.39, 0.29) is 16.2 Å². The summed E-state index contributed by atoms with van der Waals surface area (Å²) in [6, 6.07) is 43.9. The number of para-hydroxylation sites is 1. The van der Waals surface area contributed by atoms with Gasteiger partial charge < -0.3 is 9.32 Å². The molecule has 3 aliphatic carbocycles. The van der Waals surface area contributed by atoms with Crippen molar-refractivity contribution in [2.45, 2.75) is 103 Å². The number of anilines is 3. The van der Waals surface area contributed by atoms with Crippen LogP contribution in [0.3, 0.4) is 0 Å². The summed E-state index contributed by atoms with van der Waals surface area (Å²) in [6.07, 6.45) is 6.42. The van der Waals surface area contributed by atoms with Gasteiger partial charge in [-0.05, 0) is 122 Å². The van der Waals surface area contributed by atoms with Gasteiger partial charge in [0.05, 0.1) is 5.69 Å². The van der Waals surface area contributed by atoms with E-state index in [0.717, 1.165) is 16.9 Å². The van der Waals surface area contributed by atoms with Gasteiger partial charge in [-0.2, -0.15) is 0 Å². The maximum absolute atomic E-state index is 6.93. The van der Waals surface area contributed by atoms with Crippen LogP contribution in [0.25, 0.3) is 44.2 Å². The highest BCUT2D eigenvalue weighted by molar-refractivity contribution is 6.11. The van der Waals surface area contributed by atoms with Crippen molar-refractivity contribution in [2.24, 2.45) is 0 Å². The van der Waals surface area contributed by atoms with E-state index in [4.69, 9.17) is 4.42 Å². The van der Waals surface area contributed by atoms with Crippen LogP contribution in [-0.4, -0.2) is 0 Å². The standard InChI is InChI=1S/C52H51NO/c1-50(2,3)42-21-15-22-43-48(42)39-27-25-35(31-45(39)52(43,6)7)53(34-24-26-37-36-18-11-13-20-41(36)51(4,5)44(37)30-34)46-29-33(32-16-9-8-10-17-32)28-40-38-19-12-14-23-47(38)54-49(40)46/h11-15,18-32H,8-10,16-17H2,1-7H3. The van der Waals surface area contributed by atoms with Crippen molar-refractivity contribution < 1.29 is 4.42 Å². The van der Waals surface area contributed by atoms with Crippen LogP contribution in [0.15, 0.2) is 120 Å². The van der Waals surface area contributed by atoms with E-state index in [0.29, 0.717) is 5.92 Å². The molecule has 0 amide bonds. The number of rotatable bonds is 4. The smallest absolute Gasteiger partial charge is 0.159 e. The molecule has 0 aliphatic heterocycles. The summed E-state index contributed by atoms with van der Waals surface area (Å²) in [7, 11) is 0. The van der Waals surface area contributed by atoms with Gasteiger partial charge in [-0.1, -0.05) is 141 Å². The number of hydrogen-bond acceptors (Lipinski definition) is 2. The van der Waals surface area contributed by atoms with Crippen LogP contribution in [0.1, 0.15) is 120 Å². The predicted molar refractivity (Wildman–Crippen MR) is 228 cm³/mol. The monoisotopic (exact) mass is 705 g/mol. The Hall–Kier alpha value is -5.08. The fourth-order valence-corrected chi connectivity index (χ4v) is 10.5. The number of furan rings is 1. The molecule has 54 heavy (non-hydrogen) atoms. The third kappa shape index (κ3) is 4.84. The minimum Gasteiger partial charge on any atom is -0.454 e. The molecule has 1 heterocycles. The first-order valence-electron chi connectivity index (χ1n) is 20.2. The van der Waals surface area contributed by atoms with E-state index in [9.17, 15) is 0 Å². The average Bonchev–Trinajstić information content (AvgIpc) is 3.75. The Balaban J connectivity index is 1.25. The zero-order valence-corrected chi connectivity index (χ0v) is 32.9. The zero-order chi connectivity index (χ0) is 37.1. The van der Waals surface area contributed by atoms with E-state index in [1.54, 1.807) is 0 Å². The lowest BCUT2D eigenvalue weighted by molar-refractivity contribution is 0.444. The molecule has 1 saturated carbocycles. The van der Waals surface area contributed by atoms with Gasteiger partial charge >= 0.3 is 0 Å². The first-order chi connectivity index (χ1) is 25.9. The quantitative estimate of drug-likeness (QED) is 0.181. The molecule has 6 aromatic carbocycles. The molecular weight excluding hydrogens is 655 g/mol. The maximum atomic E-state index is 6.93. The molecule has 0 unspecified atom stereocenters. The molecule has 2 heteroatoms. The zero-order valence-electron chi connectivity index (χ0n) is 32.9. The van der Waals surface area contributed by atoms with Gasteiger partial charge in [-0.3, -0.25) is 0 Å².